The van der Waals surface area contributed by atoms with Gasteiger partial charge in [-0.15, -0.1) is 22.7 Å². The average molecular weight is 266 g/mol. The number of thiophene rings is 1. The molecule has 0 radical (unpaired) electrons. The Morgan fingerprint density at radius 3 is 2.82 bits per heavy atom. The smallest absolute Gasteiger partial charge is 0.0965 e. The van der Waals surface area contributed by atoms with Crippen molar-refractivity contribution in [2.24, 2.45) is 0 Å². The SMILES string of the molecule is CCc1ccc(CNCC(C)c2nccs2)s1. The zero-order valence-corrected chi connectivity index (χ0v) is 11.9. The Balaban J connectivity index is 1.76. The van der Waals surface area contributed by atoms with E-state index in [9.17, 15) is 0 Å². The molecule has 4 heteroatoms. The number of hydrogen-bond donors (Lipinski definition) is 1. The highest BCUT2D eigenvalue weighted by molar-refractivity contribution is 7.12. The van der Waals surface area contributed by atoms with E-state index in [1.165, 1.54) is 14.8 Å². The van der Waals surface area contributed by atoms with Crippen LogP contribution in [0.5, 0.6) is 0 Å². The molecule has 2 aromatic rings. The number of nitrogens with one attached hydrogen (secondary N) is 1. The second-order valence-corrected chi connectivity index (χ2v) is 6.30. The molecule has 92 valence electrons. The maximum Gasteiger partial charge on any atom is 0.0965 e. The van der Waals surface area contributed by atoms with Crippen LogP contribution in [0.4, 0.5) is 0 Å². The number of aryl methyl sites for hydroxylation is 1. The van der Waals surface area contributed by atoms with Gasteiger partial charge in [-0.05, 0) is 18.6 Å². The van der Waals surface area contributed by atoms with Gasteiger partial charge in [-0.2, -0.15) is 0 Å². The molecule has 0 aliphatic rings. The van der Waals surface area contributed by atoms with Crippen molar-refractivity contribution >= 4 is 22.7 Å². The molecule has 0 aromatic carbocycles. The molecule has 2 nitrogen and oxygen atoms in total. The van der Waals surface area contributed by atoms with Gasteiger partial charge in [0.1, 0.15) is 0 Å². The molecule has 0 aliphatic heterocycles. The summed E-state index contributed by atoms with van der Waals surface area (Å²) in [7, 11) is 0. The lowest BCUT2D eigenvalue weighted by Gasteiger charge is -2.08. The van der Waals surface area contributed by atoms with E-state index in [1.807, 2.05) is 22.9 Å². The summed E-state index contributed by atoms with van der Waals surface area (Å²) in [6.45, 7) is 6.39. The van der Waals surface area contributed by atoms with Gasteiger partial charge in [-0.3, -0.25) is 0 Å². The summed E-state index contributed by atoms with van der Waals surface area (Å²) in [5.74, 6) is 0.501. The third kappa shape index (κ3) is 3.63. The molecule has 2 heterocycles. The Kier molecular flexibility index (Phi) is 4.71. The van der Waals surface area contributed by atoms with E-state index in [-0.39, 0.29) is 0 Å². The monoisotopic (exact) mass is 266 g/mol. The minimum absolute atomic E-state index is 0.501. The molecule has 2 rings (SSSR count). The van der Waals surface area contributed by atoms with Crippen LogP contribution >= 0.6 is 22.7 Å². The van der Waals surface area contributed by atoms with Crippen LogP contribution in [0.15, 0.2) is 23.7 Å². The molecule has 2 aromatic heterocycles. The molecule has 1 atom stereocenters. The third-order valence-electron chi connectivity index (χ3n) is 2.69. The van der Waals surface area contributed by atoms with Crippen LogP contribution in [0.2, 0.25) is 0 Å². The van der Waals surface area contributed by atoms with Crippen LogP contribution in [0, 0.1) is 0 Å². The quantitative estimate of drug-likeness (QED) is 0.863. The molecule has 0 amide bonds. The number of thiazole rings is 1. The first-order chi connectivity index (χ1) is 8.29. The van der Waals surface area contributed by atoms with Gasteiger partial charge in [0.2, 0.25) is 0 Å². The predicted octanol–water partition coefficient (Wildman–Crippen LogP) is 3.66. The van der Waals surface area contributed by atoms with Gasteiger partial charge in [0.15, 0.2) is 0 Å². The van der Waals surface area contributed by atoms with Crippen molar-refractivity contribution in [2.75, 3.05) is 6.54 Å². The Morgan fingerprint density at radius 2 is 2.18 bits per heavy atom. The van der Waals surface area contributed by atoms with Gasteiger partial charge >= 0.3 is 0 Å². The second-order valence-electron chi connectivity index (χ2n) is 4.12. The fourth-order valence-corrected chi connectivity index (χ4v) is 3.31. The summed E-state index contributed by atoms with van der Waals surface area (Å²) in [6, 6.07) is 4.45. The standard InChI is InChI=1S/C13H18N2S2/c1-3-11-4-5-12(17-11)9-14-8-10(2)13-15-6-7-16-13/h4-7,10,14H,3,8-9H2,1-2H3. The fourth-order valence-electron chi connectivity index (χ4n) is 1.68. The highest BCUT2D eigenvalue weighted by Gasteiger charge is 2.07. The van der Waals surface area contributed by atoms with Gasteiger partial charge in [-0.1, -0.05) is 13.8 Å². The molecule has 0 fully saturated rings. The predicted molar refractivity (Wildman–Crippen MR) is 75.9 cm³/mol. The van der Waals surface area contributed by atoms with Gasteiger partial charge in [-0.25, -0.2) is 4.98 Å². The number of nitrogens with zero attached hydrogens (tertiary/aromatic N) is 1. The largest absolute Gasteiger partial charge is 0.311 e. The molecular formula is C13H18N2S2. The summed E-state index contributed by atoms with van der Waals surface area (Å²) < 4.78 is 0. The van der Waals surface area contributed by atoms with Crippen molar-refractivity contribution in [3.63, 3.8) is 0 Å². The minimum atomic E-state index is 0.501. The Hall–Kier alpha value is -0.710. The molecule has 0 bridgehead atoms. The van der Waals surface area contributed by atoms with Gasteiger partial charge in [0.05, 0.1) is 5.01 Å². The molecule has 0 saturated carbocycles. The fraction of sp³-hybridized carbons (Fsp3) is 0.462. The molecule has 0 saturated heterocycles. The van der Waals surface area contributed by atoms with E-state index < -0.39 is 0 Å². The first-order valence-electron chi connectivity index (χ1n) is 5.97. The average Bonchev–Trinajstić information content (AvgIpc) is 3.00. The topological polar surface area (TPSA) is 24.9 Å². The van der Waals surface area contributed by atoms with E-state index in [2.05, 4.69) is 36.3 Å². The van der Waals surface area contributed by atoms with Crippen molar-refractivity contribution in [1.82, 2.24) is 10.3 Å². The second kappa shape index (κ2) is 6.28. The maximum atomic E-state index is 4.34. The van der Waals surface area contributed by atoms with Gasteiger partial charge < -0.3 is 5.32 Å². The highest BCUT2D eigenvalue weighted by Crippen LogP contribution is 2.18. The zero-order valence-electron chi connectivity index (χ0n) is 10.3. The molecule has 0 spiro atoms. The van der Waals surface area contributed by atoms with Crippen LogP contribution in [0.3, 0.4) is 0 Å². The summed E-state index contributed by atoms with van der Waals surface area (Å²) in [5.41, 5.74) is 0. The van der Waals surface area contributed by atoms with Crippen LogP contribution in [-0.2, 0) is 13.0 Å². The number of hydrogen-bond acceptors (Lipinski definition) is 4. The summed E-state index contributed by atoms with van der Waals surface area (Å²) in [5, 5.41) is 6.76. The Morgan fingerprint density at radius 1 is 1.35 bits per heavy atom. The normalized spacial score (nSPS) is 12.8. The summed E-state index contributed by atoms with van der Waals surface area (Å²) >= 11 is 3.64. The van der Waals surface area contributed by atoms with E-state index in [0.29, 0.717) is 5.92 Å². The first kappa shape index (κ1) is 12.7. The Labute approximate surface area is 111 Å². The van der Waals surface area contributed by atoms with Crippen LogP contribution in [-0.4, -0.2) is 11.5 Å². The molecule has 0 aliphatic carbocycles. The van der Waals surface area contributed by atoms with Gasteiger partial charge in [0.25, 0.3) is 0 Å². The lowest BCUT2D eigenvalue weighted by molar-refractivity contribution is 0.616. The van der Waals surface area contributed by atoms with E-state index in [1.54, 1.807) is 11.3 Å². The molecular weight excluding hydrogens is 248 g/mol. The lowest BCUT2D eigenvalue weighted by atomic mass is 10.2. The van der Waals surface area contributed by atoms with Crippen molar-refractivity contribution in [3.8, 4) is 0 Å². The Bertz CT molecular complexity index is 434. The van der Waals surface area contributed by atoms with Gasteiger partial charge in [0, 0.05) is 40.3 Å². The van der Waals surface area contributed by atoms with E-state index in [4.69, 9.17) is 0 Å². The van der Waals surface area contributed by atoms with Crippen molar-refractivity contribution in [2.45, 2.75) is 32.7 Å². The molecule has 1 N–H and O–H groups in total. The van der Waals surface area contributed by atoms with Crippen molar-refractivity contribution < 1.29 is 0 Å². The first-order valence-corrected chi connectivity index (χ1v) is 7.67. The minimum Gasteiger partial charge on any atom is -0.311 e. The van der Waals surface area contributed by atoms with Crippen LogP contribution < -0.4 is 5.32 Å². The lowest BCUT2D eigenvalue weighted by Crippen LogP contribution is -2.18. The molecule has 1 unspecified atom stereocenters. The number of rotatable bonds is 6. The summed E-state index contributed by atoms with van der Waals surface area (Å²) in [6.07, 6.45) is 3.02. The van der Waals surface area contributed by atoms with Crippen LogP contribution in [0.1, 0.15) is 34.5 Å². The molecule has 17 heavy (non-hydrogen) atoms. The highest BCUT2D eigenvalue weighted by atomic mass is 32.1. The van der Waals surface area contributed by atoms with E-state index >= 15 is 0 Å². The number of aromatic nitrogens is 1. The van der Waals surface area contributed by atoms with E-state index in [0.717, 1.165) is 19.5 Å². The van der Waals surface area contributed by atoms with Crippen LogP contribution in [0.25, 0.3) is 0 Å². The van der Waals surface area contributed by atoms with Crippen molar-refractivity contribution in [1.29, 1.82) is 0 Å². The third-order valence-corrected chi connectivity index (χ3v) is 4.93. The zero-order chi connectivity index (χ0) is 12.1. The summed E-state index contributed by atoms with van der Waals surface area (Å²) in [4.78, 5) is 7.23. The van der Waals surface area contributed by atoms with Crippen molar-refractivity contribution in [3.05, 3.63) is 38.5 Å². The maximum absolute atomic E-state index is 4.34.